The van der Waals surface area contributed by atoms with Gasteiger partial charge in [0, 0.05) is 19.7 Å². The summed E-state index contributed by atoms with van der Waals surface area (Å²) in [5.74, 6) is 0.250. The minimum absolute atomic E-state index is 0.0391. The van der Waals surface area contributed by atoms with Crippen molar-refractivity contribution in [3.63, 3.8) is 0 Å². The molecule has 19 heavy (non-hydrogen) atoms. The average Bonchev–Trinajstić information content (AvgIpc) is 3.06. The molecule has 1 aromatic heterocycles. The zero-order valence-corrected chi connectivity index (χ0v) is 11.4. The van der Waals surface area contributed by atoms with Crippen molar-refractivity contribution < 1.29 is 9.53 Å². The van der Waals surface area contributed by atoms with Crippen LogP contribution in [0.25, 0.3) is 0 Å². The van der Waals surface area contributed by atoms with Crippen molar-refractivity contribution in [1.82, 2.24) is 25.5 Å². The van der Waals surface area contributed by atoms with Crippen LogP contribution in [0, 0.1) is 0 Å². The van der Waals surface area contributed by atoms with Crippen molar-refractivity contribution in [1.29, 1.82) is 0 Å². The predicted octanol–water partition coefficient (Wildman–Crippen LogP) is -0.981. The Hall–Kier alpha value is -1.19. The minimum Gasteiger partial charge on any atom is -0.376 e. The zero-order chi connectivity index (χ0) is 13.5. The van der Waals surface area contributed by atoms with Gasteiger partial charge in [0.1, 0.15) is 0 Å². The molecule has 1 aliphatic heterocycles. The van der Waals surface area contributed by atoms with Crippen LogP contribution in [0.4, 0.5) is 0 Å². The molecule has 8 nitrogen and oxygen atoms in total. The molecule has 1 aromatic rings. The van der Waals surface area contributed by atoms with Crippen LogP contribution >= 0.6 is 11.8 Å². The lowest BCUT2D eigenvalue weighted by Gasteiger charge is -2.10. The Morgan fingerprint density at radius 3 is 3.26 bits per heavy atom. The van der Waals surface area contributed by atoms with Crippen LogP contribution in [-0.2, 0) is 16.1 Å². The molecule has 0 radical (unpaired) electrons. The molecule has 1 saturated heterocycles. The van der Waals surface area contributed by atoms with Crippen molar-refractivity contribution in [2.75, 3.05) is 25.4 Å². The fourth-order valence-electron chi connectivity index (χ4n) is 1.78. The number of hydrogen-bond acceptors (Lipinski definition) is 7. The SMILES string of the molecule is NCCn1nnnc1SCC(=O)NCC1CCCO1. The van der Waals surface area contributed by atoms with Gasteiger partial charge in [-0.25, -0.2) is 4.68 Å². The number of rotatable bonds is 7. The Kier molecular flexibility index (Phi) is 5.55. The van der Waals surface area contributed by atoms with Gasteiger partial charge >= 0.3 is 0 Å². The Balaban J connectivity index is 1.68. The number of nitrogens with two attached hydrogens (primary N) is 1. The second-order valence-electron chi connectivity index (χ2n) is 4.20. The summed E-state index contributed by atoms with van der Waals surface area (Å²) in [6, 6.07) is 0. The Bertz CT molecular complexity index is 406. The van der Waals surface area contributed by atoms with E-state index in [1.54, 1.807) is 4.68 Å². The van der Waals surface area contributed by atoms with E-state index in [1.807, 2.05) is 0 Å². The first-order valence-corrected chi connectivity index (χ1v) is 7.25. The summed E-state index contributed by atoms with van der Waals surface area (Å²) in [5, 5.41) is 14.7. The fraction of sp³-hybridized carbons (Fsp3) is 0.800. The van der Waals surface area contributed by atoms with Gasteiger partial charge in [-0.15, -0.1) is 5.10 Å². The molecule has 0 spiro atoms. The summed E-state index contributed by atoms with van der Waals surface area (Å²) < 4.78 is 7.03. The van der Waals surface area contributed by atoms with Crippen LogP contribution in [0.15, 0.2) is 5.16 Å². The highest BCUT2D eigenvalue weighted by Crippen LogP contribution is 2.13. The quantitative estimate of drug-likeness (QED) is 0.620. The van der Waals surface area contributed by atoms with E-state index in [0.717, 1.165) is 19.4 Å². The molecule has 9 heteroatoms. The fourth-order valence-corrected chi connectivity index (χ4v) is 2.51. The lowest BCUT2D eigenvalue weighted by atomic mass is 10.2. The number of tetrazole rings is 1. The smallest absolute Gasteiger partial charge is 0.230 e. The molecular formula is C10H18N6O2S. The summed E-state index contributed by atoms with van der Waals surface area (Å²) >= 11 is 1.30. The van der Waals surface area contributed by atoms with Gasteiger partial charge < -0.3 is 15.8 Å². The number of ether oxygens (including phenoxy) is 1. The van der Waals surface area contributed by atoms with Crippen LogP contribution in [0.5, 0.6) is 0 Å². The second kappa shape index (κ2) is 7.41. The summed E-state index contributed by atoms with van der Waals surface area (Å²) in [7, 11) is 0. The van der Waals surface area contributed by atoms with Gasteiger partial charge in [-0.05, 0) is 23.3 Å². The summed E-state index contributed by atoms with van der Waals surface area (Å²) in [6.45, 7) is 2.38. The Labute approximate surface area is 115 Å². The zero-order valence-electron chi connectivity index (χ0n) is 10.6. The van der Waals surface area contributed by atoms with E-state index < -0.39 is 0 Å². The van der Waals surface area contributed by atoms with Crippen molar-refractivity contribution >= 4 is 17.7 Å². The van der Waals surface area contributed by atoms with E-state index in [4.69, 9.17) is 10.5 Å². The van der Waals surface area contributed by atoms with E-state index in [2.05, 4.69) is 20.8 Å². The van der Waals surface area contributed by atoms with Crippen molar-refractivity contribution in [2.24, 2.45) is 5.73 Å². The molecular weight excluding hydrogens is 268 g/mol. The molecule has 0 bridgehead atoms. The number of aromatic nitrogens is 4. The molecule has 0 saturated carbocycles. The van der Waals surface area contributed by atoms with Crippen molar-refractivity contribution in [3.8, 4) is 0 Å². The highest BCUT2D eigenvalue weighted by Gasteiger charge is 2.16. The number of hydrogen-bond donors (Lipinski definition) is 2. The highest BCUT2D eigenvalue weighted by molar-refractivity contribution is 7.99. The third kappa shape index (κ3) is 4.44. The van der Waals surface area contributed by atoms with E-state index in [9.17, 15) is 4.79 Å². The maximum atomic E-state index is 11.7. The van der Waals surface area contributed by atoms with Gasteiger partial charge in [0.15, 0.2) is 0 Å². The molecule has 2 heterocycles. The van der Waals surface area contributed by atoms with Gasteiger partial charge in [-0.3, -0.25) is 4.79 Å². The first-order valence-electron chi connectivity index (χ1n) is 6.27. The van der Waals surface area contributed by atoms with E-state index >= 15 is 0 Å². The standard InChI is InChI=1S/C10H18N6O2S/c11-3-4-16-10(13-14-15-16)19-7-9(17)12-6-8-2-1-5-18-8/h8H,1-7,11H2,(H,12,17). The molecule has 1 fully saturated rings. The van der Waals surface area contributed by atoms with E-state index in [-0.39, 0.29) is 17.8 Å². The lowest BCUT2D eigenvalue weighted by molar-refractivity contribution is -0.119. The highest BCUT2D eigenvalue weighted by atomic mass is 32.2. The number of amides is 1. The average molecular weight is 286 g/mol. The molecule has 1 amide bonds. The largest absolute Gasteiger partial charge is 0.376 e. The van der Waals surface area contributed by atoms with Gasteiger partial charge in [0.25, 0.3) is 0 Å². The van der Waals surface area contributed by atoms with Crippen LogP contribution in [0.1, 0.15) is 12.8 Å². The first-order chi connectivity index (χ1) is 9.29. The normalized spacial score (nSPS) is 18.7. The number of nitrogens with one attached hydrogen (secondary N) is 1. The molecule has 106 valence electrons. The third-order valence-electron chi connectivity index (χ3n) is 2.72. The Morgan fingerprint density at radius 2 is 2.53 bits per heavy atom. The minimum atomic E-state index is -0.0391. The monoisotopic (exact) mass is 286 g/mol. The van der Waals surface area contributed by atoms with E-state index in [0.29, 0.717) is 24.8 Å². The Morgan fingerprint density at radius 1 is 1.63 bits per heavy atom. The van der Waals surface area contributed by atoms with Gasteiger partial charge in [0.2, 0.25) is 11.1 Å². The van der Waals surface area contributed by atoms with Gasteiger partial charge in [-0.2, -0.15) is 0 Å². The molecule has 3 N–H and O–H groups in total. The predicted molar refractivity (Wildman–Crippen MR) is 69.6 cm³/mol. The topological polar surface area (TPSA) is 108 Å². The molecule has 1 atom stereocenters. The van der Waals surface area contributed by atoms with Crippen LogP contribution in [0.2, 0.25) is 0 Å². The van der Waals surface area contributed by atoms with Crippen molar-refractivity contribution in [2.45, 2.75) is 30.6 Å². The molecule has 0 aliphatic carbocycles. The molecule has 0 aromatic carbocycles. The molecule has 1 aliphatic rings. The third-order valence-corrected chi connectivity index (χ3v) is 3.68. The lowest BCUT2D eigenvalue weighted by Crippen LogP contribution is -2.33. The van der Waals surface area contributed by atoms with E-state index in [1.165, 1.54) is 11.8 Å². The number of thioether (sulfide) groups is 1. The van der Waals surface area contributed by atoms with Gasteiger partial charge in [-0.1, -0.05) is 11.8 Å². The maximum Gasteiger partial charge on any atom is 0.230 e. The first kappa shape index (κ1) is 14.2. The van der Waals surface area contributed by atoms with Crippen LogP contribution in [0.3, 0.4) is 0 Å². The summed E-state index contributed by atoms with van der Waals surface area (Å²) in [6.07, 6.45) is 2.25. The summed E-state index contributed by atoms with van der Waals surface area (Å²) in [4.78, 5) is 11.7. The molecule has 1 unspecified atom stereocenters. The van der Waals surface area contributed by atoms with Gasteiger partial charge in [0.05, 0.1) is 18.4 Å². The summed E-state index contributed by atoms with van der Waals surface area (Å²) in [5.41, 5.74) is 5.44. The number of carbonyl (C=O) groups is 1. The second-order valence-corrected chi connectivity index (χ2v) is 5.14. The van der Waals surface area contributed by atoms with Crippen LogP contribution < -0.4 is 11.1 Å². The van der Waals surface area contributed by atoms with Crippen LogP contribution in [-0.4, -0.2) is 57.7 Å². The number of carbonyl (C=O) groups excluding carboxylic acids is 1. The van der Waals surface area contributed by atoms with Crippen molar-refractivity contribution in [3.05, 3.63) is 0 Å². The number of nitrogens with zero attached hydrogens (tertiary/aromatic N) is 4. The maximum absolute atomic E-state index is 11.7. The molecule has 2 rings (SSSR count).